The Morgan fingerprint density at radius 2 is 1.96 bits per heavy atom. The number of carbonyl (C=O) groups excluding carboxylic acids is 1. The van der Waals surface area contributed by atoms with E-state index in [1.54, 1.807) is 7.11 Å². The minimum atomic E-state index is -1.03. The Balaban J connectivity index is 1.62. The predicted octanol–water partition coefficient (Wildman–Crippen LogP) is 2.91. The summed E-state index contributed by atoms with van der Waals surface area (Å²) in [5.41, 5.74) is -0.176. The van der Waals surface area contributed by atoms with Crippen LogP contribution < -0.4 is 9.47 Å². The van der Waals surface area contributed by atoms with Crippen LogP contribution in [0.3, 0.4) is 0 Å². The Labute approximate surface area is 154 Å². The van der Waals surface area contributed by atoms with Crippen LogP contribution in [0.25, 0.3) is 0 Å². The molecule has 3 rings (SSSR count). The van der Waals surface area contributed by atoms with E-state index in [9.17, 15) is 4.79 Å². The van der Waals surface area contributed by atoms with Crippen LogP contribution in [-0.4, -0.2) is 39.9 Å². The molecular formula is C16H16ClN3O4S. The van der Waals surface area contributed by atoms with Gasteiger partial charge in [-0.3, -0.25) is 0 Å². The summed E-state index contributed by atoms with van der Waals surface area (Å²) in [6.07, 6.45) is 2.91. The van der Waals surface area contributed by atoms with Crippen molar-refractivity contribution in [2.24, 2.45) is 0 Å². The topological polar surface area (TPSA) is 83.4 Å². The van der Waals surface area contributed by atoms with Crippen LogP contribution in [0.4, 0.5) is 0 Å². The average Bonchev–Trinajstić information content (AvgIpc) is 3.40. The molecule has 0 bridgehead atoms. The molecule has 0 saturated heterocycles. The number of rotatable bonds is 7. The number of aromatic nitrogens is 3. The molecule has 7 nitrogen and oxygen atoms in total. The van der Waals surface area contributed by atoms with Crippen molar-refractivity contribution in [2.75, 3.05) is 13.4 Å². The maximum Gasteiger partial charge on any atom is 0.350 e. The van der Waals surface area contributed by atoms with Crippen molar-refractivity contribution in [2.45, 2.75) is 30.2 Å². The monoisotopic (exact) mass is 381 g/mol. The van der Waals surface area contributed by atoms with E-state index in [4.69, 9.17) is 25.8 Å². The highest BCUT2D eigenvalue weighted by atomic mass is 35.5. The highest BCUT2D eigenvalue weighted by Crippen LogP contribution is 2.41. The molecule has 0 N–H and O–H groups in total. The molecule has 1 saturated carbocycles. The molecule has 1 fully saturated rings. The standard InChI is InChI=1S/C16H16ClN3O4S/c1-22-11-5-3-10(4-6-11)9-23-12(21)16(7-8-16)24-14-18-13(17)19-15(20-14)25-2/h3-6H,7-9H2,1-2H3. The molecule has 0 unspecified atom stereocenters. The number of thioether (sulfide) groups is 1. The second kappa shape index (κ2) is 7.45. The fourth-order valence-electron chi connectivity index (χ4n) is 2.09. The SMILES string of the molecule is COc1ccc(COC(=O)C2(Oc3nc(Cl)nc(SC)n3)CC2)cc1. The van der Waals surface area contributed by atoms with Gasteiger partial charge in [-0.2, -0.15) is 15.0 Å². The van der Waals surface area contributed by atoms with Crippen LogP contribution >= 0.6 is 23.4 Å². The van der Waals surface area contributed by atoms with Crippen LogP contribution in [-0.2, 0) is 16.1 Å². The van der Waals surface area contributed by atoms with Crippen LogP contribution in [0.2, 0.25) is 5.28 Å². The Hall–Kier alpha value is -2.06. The van der Waals surface area contributed by atoms with Gasteiger partial charge in [0, 0.05) is 12.8 Å². The number of methoxy groups -OCH3 is 1. The highest BCUT2D eigenvalue weighted by molar-refractivity contribution is 7.98. The van der Waals surface area contributed by atoms with Gasteiger partial charge in [-0.05, 0) is 35.6 Å². The van der Waals surface area contributed by atoms with Gasteiger partial charge in [-0.1, -0.05) is 23.9 Å². The molecule has 1 aromatic carbocycles. The van der Waals surface area contributed by atoms with Crippen molar-refractivity contribution in [3.8, 4) is 11.8 Å². The van der Waals surface area contributed by atoms with Gasteiger partial charge in [0.1, 0.15) is 12.4 Å². The summed E-state index contributed by atoms with van der Waals surface area (Å²) in [4.78, 5) is 24.3. The van der Waals surface area contributed by atoms with Gasteiger partial charge in [-0.15, -0.1) is 0 Å². The van der Waals surface area contributed by atoms with Crippen molar-refractivity contribution in [3.05, 3.63) is 35.1 Å². The van der Waals surface area contributed by atoms with Crippen molar-refractivity contribution in [3.63, 3.8) is 0 Å². The summed E-state index contributed by atoms with van der Waals surface area (Å²) < 4.78 is 16.1. The van der Waals surface area contributed by atoms with Crippen molar-refractivity contribution in [1.29, 1.82) is 0 Å². The zero-order valence-corrected chi connectivity index (χ0v) is 15.3. The summed E-state index contributed by atoms with van der Waals surface area (Å²) in [7, 11) is 1.60. The predicted molar refractivity (Wildman–Crippen MR) is 92.0 cm³/mol. The summed E-state index contributed by atoms with van der Waals surface area (Å²) in [5, 5.41) is 0.453. The molecule has 0 amide bonds. The fraction of sp³-hybridized carbons (Fsp3) is 0.375. The molecular weight excluding hydrogens is 366 g/mol. The van der Waals surface area contributed by atoms with Crippen LogP contribution in [0.15, 0.2) is 29.4 Å². The molecule has 9 heteroatoms. The lowest BCUT2D eigenvalue weighted by Crippen LogP contribution is -2.32. The quantitative estimate of drug-likeness (QED) is 0.534. The van der Waals surface area contributed by atoms with Crippen LogP contribution in [0.5, 0.6) is 11.8 Å². The largest absolute Gasteiger partial charge is 0.497 e. The first-order chi connectivity index (χ1) is 12.0. The van der Waals surface area contributed by atoms with Crippen molar-refractivity contribution < 1.29 is 19.0 Å². The van der Waals surface area contributed by atoms with E-state index >= 15 is 0 Å². The third-order valence-corrected chi connectivity index (χ3v) is 4.36. The number of halogens is 1. The smallest absolute Gasteiger partial charge is 0.350 e. The number of carbonyl (C=O) groups is 1. The maximum absolute atomic E-state index is 12.4. The first-order valence-corrected chi connectivity index (χ1v) is 9.10. The number of esters is 1. The lowest BCUT2D eigenvalue weighted by atomic mass is 10.2. The van der Waals surface area contributed by atoms with E-state index in [-0.39, 0.29) is 17.9 Å². The van der Waals surface area contributed by atoms with Gasteiger partial charge in [0.15, 0.2) is 5.16 Å². The van der Waals surface area contributed by atoms with Crippen molar-refractivity contribution >= 4 is 29.3 Å². The first-order valence-electron chi connectivity index (χ1n) is 7.49. The molecule has 0 aliphatic heterocycles. The lowest BCUT2D eigenvalue weighted by molar-refractivity contribution is -0.156. The second-order valence-electron chi connectivity index (χ2n) is 5.39. The minimum absolute atomic E-state index is 0.0248. The summed E-state index contributed by atoms with van der Waals surface area (Å²) >= 11 is 7.15. The van der Waals surface area contributed by atoms with Gasteiger partial charge in [-0.25, -0.2) is 4.79 Å². The van der Waals surface area contributed by atoms with Crippen LogP contribution in [0.1, 0.15) is 18.4 Å². The Morgan fingerprint density at radius 1 is 1.24 bits per heavy atom. The molecule has 1 aliphatic rings. The molecule has 25 heavy (non-hydrogen) atoms. The third kappa shape index (κ3) is 4.32. The van der Waals surface area contributed by atoms with E-state index in [1.165, 1.54) is 11.8 Å². The number of benzene rings is 1. The molecule has 0 radical (unpaired) electrons. The second-order valence-corrected chi connectivity index (χ2v) is 6.51. The van der Waals surface area contributed by atoms with E-state index in [0.717, 1.165) is 11.3 Å². The zero-order valence-electron chi connectivity index (χ0n) is 13.7. The fourth-order valence-corrected chi connectivity index (χ4v) is 2.64. The van der Waals surface area contributed by atoms with Gasteiger partial charge in [0.25, 0.3) is 0 Å². The molecule has 0 atom stereocenters. The minimum Gasteiger partial charge on any atom is -0.497 e. The van der Waals surface area contributed by atoms with Gasteiger partial charge in [0.05, 0.1) is 7.11 Å². The average molecular weight is 382 g/mol. The first kappa shape index (κ1) is 17.8. The summed E-state index contributed by atoms with van der Waals surface area (Å²) in [5.74, 6) is 0.305. The zero-order chi connectivity index (χ0) is 17.9. The van der Waals surface area contributed by atoms with Gasteiger partial charge >= 0.3 is 12.0 Å². The third-order valence-electron chi connectivity index (χ3n) is 3.64. The number of ether oxygens (including phenoxy) is 3. The molecule has 132 valence electrons. The summed E-state index contributed by atoms with van der Waals surface area (Å²) in [6.45, 7) is 0.155. The van der Waals surface area contributed by atoms with Gasteiger partial charge < -0.3 is 14.2 Å². The number of hydrogen-bond acceptors (Lipinski definition) is 8. The van der Waals surface area contributed by atoms with E-state index in [1.807, 2.05) is 30.5 Å². The normalized spacial score (nSPS) is 14.7. The van der Waals surface area contributed by atoms with E-state index < -0.39 is 11.6 Å². The van der Waals surface area contributed by atoms with Crippen LogP contribution in [0, 0.1) is 0 Å². The lowest BCUT2D eigenvalue weighted by Gasteiger charge is -2.15. The molecule has 2 aromatic rings. The Morgan fingerprint density at radius 3 is 2.56 bits per heavy atom. The Bertz CT molecular complexity index is 768. The summed E-state index contributed by atoms with van der Waals surface area (Å²) in [6, 6.07) is 7.32. The molecule has 0 spiro atoms. The Kier molecular flexibility index (Phi) is 5.29. The highest BCUT2D eigenvalue weighted by Gasteiger charge is 2.55. The van der Waals surface area contributed by atoms with E-state index in [2.05, 4.69) is 15.0 Å². The number of nitrogens with zero attached hydrogens (tertiary/aromatic N) is 3. The maximum atomic E-state index is 12.4. The van der Waals surface area contributed by atoms with Crippen molar-refractivity contribution in [1.82, 2.24) is 15.0 Å². The molecule has 1 aromatic heterocycles. The molecule has 1 heterocycles. The van der Waals surface area contributed by atoms with E-state index in [0.29, 0.717) is 18.0 Å². The molecule has 1 aliphatic carbocycles. The van der Waals surface area contributed by atoms with Gasteiger partial charge in [0.2, 0.25) is 10.9 Å². The number of hydrogen-bond donors (Lipinski definition) is 0.